The highest BCUT2D eigenvalue weighted by Crippen LogP contribution is 2.42. The Morgan fingerprint density at radius 2 is 1.81 bits per heavy atom. The first-order valence-electron chi connectivity index (χ1n) is 12.6. The van der Waals surface area contributed by atoms with Crippen molar-refractivity contribution >= 4 is 5.91 Å². The molecule has 1 unspecified atom stereocenters. The number of benzene rings is 2. The summed E-state index contributed by atoms with van der Waals surface area (Å²) in [5, 5.41) is 0. The number of alkyl halides is 3. The van der Waals surface area contributed by atoms with Gasteiger partial charge in [0.05, 0.1) is 24.4 Å². The molecule has 2 aromatic rings. The molecule has 1 amide bonds. The van der Waals surface area contributed by atoms with Crippen LogP contribution in [-0.4, -0.2) is 65.8 Å². The SMILES string of the molecule is Cc1cc(C(=O)N2CCC3(CC2)CN(CC(F)(F)F)[C@H](C)C(c2ccccc2)O3)ccc1OC(C)C. The molecule has 0 N–H and O–H groups in total. The standard InChI is InChI=1S/C28H35F3N2O3/c1-19(2)35-24-11-10-23(16-20(24)3)26(34)32-14-12-27(13-15-32)17-33(18-28(29,30)31)21(4)25(36-27)22-8-6-5-7-9-22/h5-11,16,19,21,25H,12-15,17-18H2,1-4H3/t21-,25?/m1/s1. The van der Waals surface area contributed by atoms with E-state index in [1.54, 1.807) is 17.9 Å². The van der Waals surface area contributed by atoms with Gasteiger partial charge in [0.2, 0.25) is 0 Å². The maximum Gasteiger partial charge on any atom is 0.401 e. The van der Waals surface area contributed by atoms with E-state index in [0.29, 0.717) is 31.5 Å². The van der Waals surface area contributed by atoms with Crippen molar-refractivity contribution in [2.45, 2.75) is 70.6 Å². The molecule has 4 rings (SSSR count). The second-order valence-electron chi connectivity index (χ2n) is 10.3. The number of hydrogen-bond acceptors (Lipinski definition) is 4. The molecule has 2 aromatic carbocycles. The second kappa shape index (κ2) is 10.4. The molecule has 2 saturated heterocycles. The van der Waals surface area contributed by atoms with Crippen LogP contribution >= 0.6 is 0 Å². The number of morpholine rings is 1. The highest BCUT2D eigenvalue weighted by molar-refractivity contribution is 5.94. The van der Waals surface area contributed by atoms with Crippen LogP contribution < -0.4 is 4.74 Å². The Morgan fingerprint density at radius 1 is 1.14 bits per heavy atom. The first-order valence-corrected chi connectivity index (χ1v) is 12.6. The number of likely N-dealkylation sites (tertiary alicyclic amines) is 1. The zero-order valence-corrected chi connectivity index (χ0v) is 21.3. The predicted octanol–water partition coefficient (Wildman–Crippen LogP) is 5.78. The number of rotatable bonds is 5. The summed E-state index contributed by atoms with van der Waals surface area (Å²) >= 11 is 0. The summed E-state index contributed by atoms with van der Waals surface area (Å²) in [6.45, 7) is 7.69. The maximum absolute atomic E-state index is 13.4. The molecule has 0 bridgehead atoms. The third kappa shape index (κ3) is 6.03. The third-order valence-corrected chi connectivity index (χ3v) is 7.14. The van der Waals surface area contributed by atoms with E-state index in [1.165, 1.54) is 4.90 Å². The van der Waals surface area contributed by atoms with Gasteiger partial charge in [-0.05, 0) is 69.9 Å². The van der Waals surface area contributed by atoms with Crippen molar-refractivity contribution in [3.63, 3.8) is 0 Å². The molecule has 1 spiro atoms. The molecule has 2 fully saturated rings. The Bertz CT molecular complexity index is 1050. The number of carbonyl (C=O) groups excluding carboxylic acids is 1. The number of nitrogens with zero attached hydrogens (tertiary/aromatic N) is 2. The lowest BCUT2D eigenvalue weighted by Gasteiger charge is -2.53. The molecule has 2 atom stereocenters. The molecule has 8 heteroatoms. The number of carbonyl (C=O) groups is 1. The van der Waals surface area contributed by atoms with E-state index in [2.05, 4.69) is 0 Å². The summed E-state index contributed by atoms with van der Waals surface area (Å²) in [4.78, 5) is 16.5. The molecule has 2 aliphatic rings. The van der Waals surface area contributed by atoms with Crippen molar-refractivity contribution in [2.24, 2.45) is 0 Å². The largest absolute Gasteiger partial charge is 0.491 e. The first-order chi connectivity index (χ1) is 17.0. The maximum atomic E-state index is 13.4. The van der Waals surface area contributed by atoms with Gasteiger partial charge < -0.3 is 14.4 Å². The molecule has 0 aromatic heterocycles. The lowest BCUT2D eigenvalue weighted by molar-refractivity contribution is -0.223. The molecular formula is C28H35F3N2O3. The first kappa shape index (κ1) is 26.5. The summed E-state index contributed by atoms with van der Waals surface area (Å²) in [6.07, 6.45) is -3.76. The quantitative estimate of drug-likeness (QED) is 0.518. The molecule has 2 heterocycles. The molecule has 196 valence electrons. The third-order valence-electron chi connectivity index (χ3n) is 7.14. The van der Waals surface area contributed by atoms with Crippen molar-refractivity contribution in [3.05, 3.63) is 65.2 Å². The van der Waals surface area contributed by atoms with Gasteiger partial charge >= 0.3 is 6.18 Å². The number of halogens is 3. The average molecular weight is 505 g/mol. The van der Waals surface area contributed by atoms with Crippen LogP contribution in [-0.2, 0) is 4.74 Å². The monoisotopic (exact) mass is 504 g/mol. The molecule has 2 aliphatic heterocycles. The van der Waals surface area contributed by atoms with Gasteiger partial charge in [-0.2, -0.15) is 13.2 Å². The zero-order chi connectivity index (χ0) is 26.1. The lowest BCUT2D eigenvalue weighted by Crippen LogP contribution is -2.62. The summed E-state index contributed by atoms with van der Waals surface area (Å²) < 4.78 is 52.7. The number of amides is 1. The minimum atomic E-state index is -4.30. The summed E-state index contributed by atoms with van der Waals surface area (Å²) in [5.74, 6) is 0.667. The molecule has 0 radical (unpaired) electrons. The van der Waals surface area contributed by atoms with Gasteiger partial charge in [-0.15, -0.1) is 0 Å². The van der Waals surface area contributed by atoms with Gasteiger partial charge in [0.25, 0.3) is 5.91 Å². The van der Waals surface area contributed by atoms with Crippen LogP contribution in [0.5, 0.6) is 5.75 Å². The van der Waals surface area contributed by atoms with Crippen LogP contribution in [0.4, 0.5) is 13.2 Å². The van der Waals surface area contributed by atoms with E-state index in [-0.39, 0.29) is 18.6 Å². The predicted molar refractivity (Wildman–Crippen MR) is 132 cm³/mol. The Kier molecular flexibility index (Phi) is 7.67. The van der Waals surface area contributed by atoms with Crippen LogP contribution in [0, 0.1) is 6.92 Å². The molecule has 5 nitrogen and oxygen atoms in total. The molecule has 0 saturated carbocycles. The smallest absolute Gasteiger partial charge is 0.401 e. The minimum Gasteiger partial charge on any atom is -0.491 e. The van der Waals surface area contributed by atoms with Crippen LogP contribution in [0.15, 0.2) is 48.5 Å². The fraction of sp³-hybridized carbons (Fsp3) is 0.536. The number of piperidine rings is 1. The van der Waals surface area contributed by atoms with E-state index >= 15 is 0 Å². The molecular weight excluding hydrogens is 469 g/mol. The van der Waals surface area contributed by atoms with E-state index in [0.717, 1.165) is 16.9 Å². The fourth-order valence-corrected chi connectivity index (χ4v) is 5.27. The molecule has 36 heavy (non-hydrogen) atoms. The van der Waals surface area contributed by atoms with Gasteiger partial charge in [-0.3, -0.25) is 9.69 Å². The number of hydrogen-bond donors (Lipinski definition) is 0. The highest BCUT2D eigenvalue weighted by atomic mass is 19.4. The number of aryl methyl sites for hydroxylation is 1. The average Bonchev–Trinajstić information content (AvgIpc) is 2.82. The van der Waals surface area contributed by atoms with Gasteiger partial charge in [0, 0.05) is 31.2 Å². The Labute approximate surface area is 211 Å². The van der Waals surface area contributed by atoms with Crippen LogP contribution in [0.25, 0.3) is 0 Å². The Morgan fingerprint density at radius 3 is 2.39 bits per heavy atom. The van der Waals surface area contributed by atoms with E-state index in [1.807, 2.05) is 63.2 Å². The van der Waals surface area contributed by atoms with Gasteiger partial charge in [-0.1, -0.05) is 30.3 Å². The van der Waals surface area contributed by atoms with Crippen LogP contribution in [0.2, 0.25) is 0 Å². The van der Waals surface area contributed by atoms with E-state index < -0.39 is 30.5 Å². The van der Waals surface area contributed by atoms with Crippen molar-refractivity contribution in [1.29, 1.82) is 0 Å². The molecule has 0 aliphatic carbocycles. The van der Waals surface area contributed by atoms with Crippen molar-refractivity contribution < 1.29 is 27.4 Å². The van der Waals surface area contributed by atoms with E-state index in [4.69, 9.17) is 9.47 Å². The van der Waals surface area contributed by atoms with Crippen LogP contribution in [0.1, 0.15) is 61.2 Å². The normalized spacial score (nSPS) is 22.7. The zero-order valence-electron chi connectivity index (χ0n) is 21.3. The van der Waals surface area contributed by atoms with Crippen LogP contribution in [0.3, 0.4) is 0 Å². The van der Waals surface area contributed by atoms with Gasteiger partial charge in [0.1, 0.15) is 5.75 Å². The summed E-state index contributed by atoms with van der Waals surface area (Å²) in [7, 11) is 0. The topological polar surface area (TPSA) is 42.0 Å². The highest BCUT2D eigenvalue weighted by Gasteiger charge is 2.49. The van der Waals surface area contributed by atoms with Crippen molar-refractivity contribution in [2.75, 3.05) is 26.2 Å². The summed E-state index contributed by atoms with van der Waals surface area (Å²) in [5.41, 5.74) is 1.61. The van der Waals surface area contributed by atoms with Gasteiger partial charge in [0.15, 0.2) is 0 Å². The lowest BCUT2D eigenvalue weighted by atomic mass is 9.85. The Hall–Kier alpha value is -2.58. The fourth-order valence-electron chi connectivity index (χ4n) is 5.27. The Balaban J connectivity index is 1.49. The van der Waals surface area contributed by atoms with Gasteiger partial charge in [-0.25, -0.2) is 0 Å². The second-order valence-corrected chi connectivity index (χ2v) is 10.3. The minimum absolute atomic E-state index is 0.0402. The summed E-state index contributed by atoms with van der Waals surface area (Å²) in [6, 6.07) is 14.4. The number of ether oxygens (including phenoxy) is 2. The van der Waals surface area contributed by atoms with Crippen molar-refractivity contribution in [1.82, 2.24) is 9.80 Å². The van der Waals surface area contributed by atoms with Crippen molar-refractivity contribution in [3.8, 4) is 5.75 Å². The van der Waals surface area contributed by atoms with E-state index in [9.17, 15) is 18.0 Å².